The third-order valence-electron chi connectivity index (χ3n) is 2.56. The molecule has 5 nitrogen and oxygen atoms in total. The number of carbonyl (C=O) groups is 2. The fraction of sp³-hybridized carbons (Fsp3) is 0.385. The minimum Gasteiger partial charge on any atom is -0.496 e. The molecule has 0 saturated carbocycles. The molecule has 2 N–H and O–H groups in total. The molecule has 1 aromatic rings. The number of methoxy groups -OCH3 is 1. The molecule has 1 amide bonds. The number of hydrogen-bond acceptors (Lipinski definition) is 3. The van der Waals surface area contributed by atoms with E-state index in [0.717, 1.165) is 11.1 Å². The Kier molecular flexibility index (Phi) is 4.31. The second-order valence-electron chi connectivity index (χ2n) is 4.18. The second kappa shape index (κ2) is 5.53. The van der Waals surface area contributed by atoms with Crippen molar-refractivity contribution < 1.29 is 19.4 Å². The lowest BCUT2D eigenvalue weighted by molar-refractivity contribution is -0.141. The van der Waals surface area contributed by atoms with Crippen molar-refractivity contribution in [3.8, 4) is 5.75 Å². The van der Waals surface area contributed by atoms with Crippen LogP contribution >= 0.6 is 0 Å². The fourth-order valence-corrected chi connectivity index (χ4v) is 1.96. The lowest BCUT2D eigenvalue weighted by Crippen LogP contribution is -2.32. The molecule has 1 rings (SSSR count). The zero-order valence-electron chi connectivity index (χ0n) is 10.9. The number of nitrogens with one attached hydrogen (secondary N) is 1. The molecule has 0 aliphatic carbocycles. The minimum atomic E-state index is -1.12. The Hall–Kier alpha value is -2.04. The maximum absolute atomic E-state index is 11.3. The molecule has 0 bridgehead atoms. The Morgan fingerprint density at radius 1 is 1.33 bits per heavy atom. The van der Waals surface area contributed by atoms with Crippen LogP contribution in [0.15, 0.2) is 12.1 Å². The molecule has 5 heteroatoms. The number of aliphatic carboxylic acids is 1. The predicted octanol–water partition coefficient (Wildman–Crippen LogP) is 1.57. The SMILES string of the molecule is COc1c(C)cc(C)cc1C(NC(C)=O)C(=O)O. The van der Waals surface area contributed by atoms with Crippen molar-refractivity contribution in [3.05, 3.63) is 28.8 Å². The zero-order valence-corrected chi connectivity index (χ0v) is 10.9. The van der Waals surface area contributed by atoms with E-state index in [2.05, 4.69) is 5.32 Å². The first-order valence-electron chi connectivity index (χ1n) is 5.51. The first-order valence-corrected chi connectivity index (χ1v) is 5.51. The summed E-state index contributed by atoms with van der Waals surface area (Å²) in [6.45, 7) is 4.98. The van der Waals surface area contributed by atoms with Crippen molar-refractivity contribution in [2.24, 2.45) is 0 Å². The van der Waals surface area contributed by atoms with Gasteiger partial charge in [-0.25, -0.2) is 4.79 Å². The monoisotopic (exact) mass is 251 g/mol. The predicted molar refractivity (Wildman–Crippen MR) is 66.7 cm³/mol. The van der Waals surface area contributed by atoms with Gasteiger partial charge in [0.25, 0.3) is 0 Å². The van der Waals surface area contributed by atoms with Gasteiger partial charge in [-0.05, 0) is 25.5 Å². The van der Waals surface area contributed by atoms with Gasteiger partial charge < -0.3 is 15.2 Å². The highest BCUT2D eigenvalue weighted by molar-refractivity contribution is 5.84. The van der Waals surface area contributed by atoms with Crippen molar-refractivity contribution in [3.63, 3.8) is 0 Å². The molecule has 0 aliphatic rings. The molecule has 0 heterocycles. The number of carboxylic acids is 1. The lowest BCUT2D eigenvalue weighted by atomic mass is 9.99. The molecule has 0 aliphatic heterocycles. The summed E-state index contributed by atoms with van der Waals surface area (Å²) in [5.74, 6) is -1.03. The summed E-state index contributed by atoms with van der Waals surface area (Å²) in [6, 6.07) is 2.51. The van der Waals surface area contributed by atoms with Gasteiger partial charge in [-0.3, -0.25) is 4.79 Å². The number of carboxylic acid groups (broad SMARTS) is 1. The Morgan fingerprint density at radius 2 is 1.94 bits per heavy atom. The average Bonchev–Trinajstić information content (AvgIpc) is 2.24. The molecule has 1 unspecified atom stereocenters. The van der Waals surface area contributed by atoms with E-state index < -0.39 is 17.9 Å². The number of ether oxygens (including phenoxy) is 1. The summed E-state index contributed by atoms with van der Waals surface area (Å²) >= 11 is 0. The maximum Gasteiger partial charge on any atom is 0.331 e. The summed E-state index contributed by atoms with van der Waals surface area (Å²) in [5, 5.41) is 11.6. The number of aryl methyl sites for hydroxylation is 2. The number of carbonyl (C=O) groups excluding carboxylic acids is 1. The number of amides is 1. The third kappa shape index (κ3) is 3.00. The molecule has 1 aromatic carbocycles. The van der Waals surface area contributed by atoms with Crippen LogP contribution in [0.2, 0.25) is 0 Å². The number of benzene rings is 1. The van der Waals surface area contributed by atoms with E-state index in [-0.39, 0.29) is 0 Å². The summed E-state index contributed by atoms with van der Waals surface area (Å²) in [4.78, 5) is 22.3. The topological polar surface area (TPSA) is 75.6 Å². The smallest absolute Gasteiger partial charge is 0.331 e. The first-order chi connectivity index (χ1) is 8.36. The molecule has 0 spiro atoms. The highest BCUT2D eigenvalue weighted by atomic mass is 16.5. The van der Waals surface area contributed by atoms with Gasteiger partial charge in [-0.1, -0.05) is 11.6 Å². The molecule has 98 valence electrons. The van der Waals surface area contributed by atoms with Gasteiger partial charge in [0.2, 0.25) is 5.91 Å². The van der Waals surface area contributed by atoms with Gasteiger partial charge in [0, 0.05) is 12.5 Å². The third-order valence-corrected chi connectivity index (χ3v) is 2.56. The first kappa shape index (κ1) is 14.0. The molecular formula is C13H17NO4. The van der Waals surface area contributed by atoms with Crippen LogP contribution in [0.4, 0.5) is 0 Å². The number of rotatable bonds is 4. The van der Waals surface area contributed by atoms with Crippen LogP contribution in [0.1, 0.15) is 29.7 Å². The standard InChI is InChI=1S/C13H17NO4/c1-7-5-8(2)12(18-4)10(6-7)11(13(16)17)14-9(3)15/h5-6,11H,1-4H3,(H,14,15)(H,16,17). The van der Waals surface area contributed by atoms with E-state index in [0.29, 0.717) is 11.3 Å². The Labute approximate surface area is 106 Å². The summed E-state index contributed by atoms with van der Waals surface area (Å²) < 4.78 is 5.23. The van der Waals surface area contributed by atoms with E-state index in [1.165, 1.54) is 14.0 Å². The highest BCUT2D eigenvalue weighted by Gasteiger charge is 2.25. The van der Waals surface area contributed by atoms with Crippen LogP contribution in [0.5, 0.6) is 5.75 Å². The average molecular weight is 251 g/mol. The molecule has 0 saturated heterocycles. The largest absolute Gasteiger partial charge is 0.496 e. The minimum absolute atomic E-state index is 0.399. The van der Waals surface area contributed by atoms with Crippen molar-refractivity contribution in [1.29, 1.82) is 0 Å². The van der Waals surface area contributed by atoms with Crippen LogP contribution in [0.25, 0.3) is 0 Å². The van der Waals surface area contributed by atoms with Gasteiger partial charge in [0.15, 0.2) is 6.04 Å². The second-order valence-corrected chi connectivity index (χ2v) is 4.18. The summed E-state index contributed by atoms with van der Waals surface area (Å²) in [6.07, 6.45) is 0. The van der Waals surface area contributed by atoms with Gasteiger partial charge in [0.05, 0.1) is 7.11 Å². The zero-order chi connectivity index (χ0) is 13.9. The molecule has 0 fully saturated rings. The molecular weight excluding hydrogens is 234 g/mol. The van der Waals surface area contributed by atoms with E-state index in [4.69, 9.17) is 4.74 Å². The van der Waals surface area contributed by atoms with Crippen LogP contribution in [0, 0.1) is 13.8 Å². The Morgan fingerprint density at radius 3 is 2.39 bits per heavy atom. The van der Waals surface area contributed by atoms with Crippen LogP contribution in [-0.4, -0.2) is 24.1 Å². The Balaban J connectivity index is 3.34. The Bertz CT molecular complexity index is 482. The van der Waals surface area contributed by atoms with Crippen LogP contribution in [0.3, 0.4) is 0 Å². The normalized spacial score (nSPS) is 11.8. The summed E-state index contributed by atoms with van der Waals surface area (Å²) in [5.41, 5.74) is 2.21. The quantitative estimate of drug-likeness (QED) is 0.851. The van der Waals surface area contributed by atoms with Crippen molar-refractivity contribution in [2.45, 2.75) is 26.8 Å². The fourth-order valence-electron chi connectivity index (χ4n) is 1.96. The van der Waals surface area contributed by atoms with E-state index in [1.54, 1.807) is 6.07 Å². The molecule has 1 atom stereocenters. The lowest BCUT2D eigenvalue weighted by Gasteiger charge is -2.19. The van der Waals surface area contributed by atoms with E-state index in [1.807, 2.05) is 19.9 Å². The van der Waals surface area contributed by atoms with E-state index in [9.17, 15) is 14.7 Å². The van der Waals surface area contributed by atoms with Gasteiger partial charge in [-0.2, -0.15) is 0 Å². The molecule has 0 aromatic heterocycles. The maximum atomic E-state index is 11.3. The molecule has 0 radical (unpaired) electrons. The van der Waals surface area contributed by atoms with E-state index >= 15 is 0 Å². The number of hydrogen-bond donors (Lipinski definition) is 2. The van der Waals surface area contributed by atoms with Gasteiger partial charge in [0.1, 0.15) is 5.75 Å². The van der Waals surface area contributed by atoms with Crippen LogP contribution < -0.4 is 10.1 Å². The van der Waals surface area contributed by atoms with Crippen LogP contribution in [-0.2, 0) is 9.59 Å². The summed E-state index contributed by atoms with van der Waals surface area (Å²) in [7, 11) is 1.48. The molecule has 18 heavy (non-hydrogen) atoms. The van der Waals surface area contributed by atoms with Gasteiger partial charge >= 0.3 is 5.97 Å². The van der Waals surface area contributed by atoms with Crippen molar-refractivity contribution in [1.82, 2.24) is 5.32 Å². The van der Waals surface area contributed by atoms with Crippen molar-refractivity contribution in [2.75, 3.05) is 7.11 Å². The van der Waals surface area contributed by atoms with Crippen molar-refractivity contribution >= 4 is 11.9 Å². The highest BCUT2D eigenvalue weighted by Crippen LogP contribution is 2.30. The van der Waals surface area contributed by atoms with Gasteiger partial charge in [-0.15, -0.1) is 0 Å².